The molecule has 0 radical (unpaired) electrons. The summed E-state index contributed by atoms with van der Waals surface area (Å²) >= 11 is 1.54. The lowest BCUT2D eigenvalue weighted by molar-refractivity contribution is 0.0530. The highest BCUT2D eigenvalue weighted by Gasteiger charge is 2.20. The van der Waals surface area contributed by atoms with E-state index in [1.165, 1.54) is 35.3 Å². The highest BCUT2D eigenvalue weighted by Crippen LogP contribution is 2.30. The minimum absolute atomic E-state index is 0.138. The maximum Gasteiger partial charge on any atom is 0.348 e. The second-order valence-corrected chi connectivity index (χ2v) is 4.38. The first-order valence-corrected chi connectivity index (χ1v) is 5.97. The predicted octanol–water partition coefficient (Wildman–Crippen LogP) is 2.80. The molecule has 3 heteroatoms. The van der Waals surface area contributed by atoms with Crippen LogP contribution in [0.2, 0.25) is 0 Å². The van der Waals surface area contributed by atoms with E-state index >= 15 is 0 Å². The zero-order valence-electron chi connectivity index (χ0n) is 8.34. The summed E-state index contributed by atoms with van der Waals surface area (Å²) in [5.74, 6) is -0.138. The van der Waals surface area contributed by atoms with E-state index in [4.69, 9.17) is 4.74 Å². The molecule has 0 spiro atoms. The minimum Gasteiger partial charge on any atom is -0.462 e. The standard InChI is InChI=1S/C11H14O2S/c1-2-13-11(12)10-9-6-4-3-5-8(9)7-14-10/h7H,2-6H2,1H3. The van der Waals surface area contributed by atoms with Crippen molar-refractivity contribution in [3.05, 3.63) is 21.4 Å². The second-order valence-electron chi connectivity index (χ2n) is 3.50. The molecule has 0 aromatic carbocycles. The number of aryl methyl sites for hydroxylation is 1. The maximum absolute atomic E-state index is 11.6. The van der Waals surface area contributed by atoms with Gasteiger partial charge in [0.25, 0.3) is 0 Å². The van der Waals surface area contributed by atoms with Crippen molar-refractivity contribution >= 4 is 17.3 Å². The average molecular weight is 210 g/mol. The van der Waals surface area contributed by atoms with Gasteiger partial charge in [0, 0.05) is 0 Å². The van der Waals surface area contributed by atoms with E-state index in [0.717, 1.165) is 17.7 Å². The summed E-state index contributed by atoms with van der Waals surface area (Å²) < 4.78 is 5.02. The topological polar surface area (TPSA) is 26.3 Å². The summed E-state index contributed by atoms with van der Waals surface area (Å²) in [6.45, 7) is 2.31. The molecule has 2 nitrogen and oxygen atoms in total. The third-order valence-corrected chi connectivity index (χ3v) is 3.62. The van der Waals surface area contributed by atoms with Crippen LogP contribution in [-0.2, 0) is 17.6 Å². The predicted molar refractivity (Wildman–Crippen MR) is 56.9 cm³/mol. The van der Waals surface area contributed by atoms with E-state index in [-0.39, 0.29) is 5.97 Å². The Labute approximate surface area is 87.9 Å². The van der Waals surface area contributed by atoms with E-state index in [2.05, 4.69) is 5.38 Å². The van der Waals surface area contributed by atoms with Gasteiger partial charge in [0.05, 0.1) is 6.61 Å². The molecule has 0 bridgehead atoms. The fourth-order valence-electron chi connectivity index (χ4n) is 1.89. The Bertz CT molecular complexity index is 341. The van der Waals surface area contributed by atoms with Gasteiger partial charge in [0.2, 0.25) is 0 Å². The van der Waals surface area contributed by atoms with Crippen LogP contribution in [0.5, 0.6) is 0 Å². The number of rotatable bonds is 2. The highest BCUT2D eigenvalue weighted by molar-refractivity contribution is 7.12. The smallest absolute Gasteiger partial charge is 0.348 e. The van der Waals surface area contributed by atoms with E-state index in [1.807, 2.05) is 6.92 Å². The monoisotopic (exact) mass is 210 g/mol. The van der Waals surface area contributed by atoms with Gasteiger partial charge in [-0.2, -0.15) is 0 Å². The molecule has 0 unspecified atom stereocenters. The first-order chi connectivity index (χ1) is 6.83. The summed E-state index contributed by atoms with van der Waals surface area (Å²) in [5.41, 5.74) is 2.61. The number of fused-ring (bicyclic) bond motifs is 1. The van der Waals surface area contributed by atoms with Gasteiger partial charge < -0.3 is 4.74 Å². The second kappa shape index (κ2) is 4.13. The number of carbonyl (C=O) groups excluding carboxylic acids is 1. The van der Waals surface area contributed by atoms with E-state index in [9.17, 15) is 4.79 Å². The molecule has 0 saturated heterocycles. The molecule has 76 valence electrons. The molecule has 2 rings (SSSR count). The van der Waals surface area contributed by atoms with Crippen molar-refractivity contribution in [3.8, 4) is 0 Å². The molecule has 1 heterocycles. The SMILES string of the molecule is CCOC(=O)c1scc2c1CCCC2. The molecule has 1 aliphatic rings. The Morgan fingerprint density at radius 3 is 3.07 bits per heavy atom. The molecule has 0 amide bonds. The van der Waals surface area contributed by atoms with E-state index < -0.39 is 0 Å². The molecule has 0 aliphatic heterocycles. The zero-order valence-corrected chi connectivity index (χ0v) is 9.15. The Morgan fingerprint density at radius 2 is 2.29 bits per heavy atom. The number of hydrogen-bond acceptors (Lipinski definition) is 3. The van der Waals surface area contributed by atoms with Crippen LogP contribution in [0.4, 0.5) is 0 Å². The number of ether oxygens (including phenoxy) is 1. The van der Waals surface area contributed by atoms with Gasteiger partial charge in [0.1, 0.15) is 4.88 Å². The quantitative estimate of drug-likeness (QED) is 0.702. The lowest BCUT2D eigenvalue weighted by atomic mass is 9.94. The zero-order chi connectivity index (χ0) is 9.97. The van der Waals surface area contributed by atoms with Gasteiger partial charge in [-0.3, -0.25) is 0 Å². The molecule has 1 aliphatic carbocycles. The van der Waals surface area contributed by atoms with Crippen LogP contribution in [0.15, 0.2) is 5.38 Å². The van der Waals surface area contributed by atoms with Gasteiger partial charge in [0.15, 0.2) is 0 Å². The molecule has 0 fully saturated rings. The Balaban J connectivity index is 2.25. The maximum atomic E-state index is 11.6. The summed E-state index contributed by atoms with van der Waals surface area (Å²) in [7, 11) is 0. The van der Waals surface area contributed by atoms with Gasteiger partial charge in [-0.15, -0.1) is 11.3 Å². The third kappa shape index (κ3) is 1.69. The molecular formula is C11H14O2S. The minimum atomic E-state index is -0.138. The molecule has 0 atom stereocenters. The third-order valence-electron chi connectivity index (χ3n) is 2.56. The summed E-state index contributed by atoms with van der Waals surface area (Å²) in [4.78, 5) is 12.4. The van der Waals surface area contributed by atoms with E-state index in [1.54, 1.807) is 0 Å². The van der Waals surface area contributed by atoms with Crippen molar-refractivity contribution in [1.29, 1.82) is 0 Å². The van der Waals surface area contributed by atoms with Crippen LogP contribution in [-0.4, -0.2) is 12.6 Å². The Hall–Kier alpha value is -0.830. The van der Waals surface area contributed by atoms with Crippen molar-refractivity contribution < 1.29 is 9.53 Å². The van der Waals surface area contributed by atoms with E-state index in [0.29, 0.717) is 6.61 Å². The number of carbonyl (C=O) groups is 1. The van der Waals surface area contributed by atoms with Crippen LogP contribution in [0.1, 0.15) is 40.6 Å². The van der Waals surface area contributed by atoms with Gasteiger partial charge >= 0.3 is 5.97 Å². The molecular weight excluding hydrogens is 196 g/mol. The largest absolute Gasteiger partial charge is 0.462 e. The molecule has 1 aromatic rings. The summed E-state index contributed by atoms with van der Waals surface area (Å²) in [5, 5.41) is 2.11. The van der Waals surface area contributed by atoms with Crippen LogP contribution in [0.25, 0.3) is 0 Å². The molecule has 1 aromatic heterocycles. The van der Waals surface area contributed by atoms with Crippen LogP contribution in [0, 0.1) is 0 Å². The fraction of sp³-hybridized carbons (Fsp3) is 0.545. The lowest BCUT2D eigenvalue weighted by Gasteiger charge is -2.11. The van der Waals surface area contributed by atoms with Crippen molar-refractivity contribution in [2.24, 2.45) is 0 Å². The van der Waals surface area contributed by atoms with Crippen molar-refractivity contribution in [1.82, 2.24) is 0 Å². The fourth-order valence-corrected chi connectivity index (χ4v) is 2.94. The van der Waals surface area contributed by atoms with Crippen LogP contribution in [0.3, 0.4) is 0 Å². The Kier molecular flexibility index (Phi) is 2.87. The van der Waals surface area contributed by atoms with Crippen molar-refractivity contribution in [2.45, 2.75) is 32.6 Å². The van der Waals surface area contributed by atoms with Gasteiger partial charge in [-0.1, -0.05) is 0 Å². The molecule has 14 heavy (non-hydrogen) atoms. The molecule has 0 N–H and O–H groups in total. The first kappa shape index (κ1) is 9.71. The van der Waals surface area contributed by atoms with Crippen LogP contribution >= 0.6 is 11.3 Å². The number of esters is 1. The van der Waals surface area contributed by atoms with Crippen molar-refractivity contribution in [3.63, 3.8) is 0 Å². The summed E-state index contributed by atoms with van der Waals surface area (Å²) in [6, 6.07) is 0. The Morgan fingerprint density at radius 1 is 1.50 bits per heavy atom. The summed E-state index contributed by atoms with van der Waals surface area (Å²) in [6.07, 6.45) is 4.64. The lowest BCUT2D eigenvalue weighted by Crippen LogP contribution is -2.08. The molecule has 0 saturated carbocycles. The number of hydrogen-bond donors (Lipinski definition) is 0. The number of thiophene rings is 1. The van der Waals surface area contributed by atoms with Gasteiger partial charge in [-0.05, 0) is 49.1 Å². The van der Waals surface area contributed by atoms with Gasteiger partial charge in [-0.25, -0.2) is 4.79 Å². The van der Waals surface area contributed by atoms with Crippen LogP contribution < -0.4 is 0 Å². The highest BCUT2D eigenvalue weighted by atomic mass is 32.1. The van der Waals surface area contributed by atoms with Crippen molar-refractivity contribution in [2.75, 3.05) is 6.61 Å². The normalized spacial score (nSPS) is 14.9. The average Bonchev–Trinajstić information content (AvgIpc) is 2.61. The first-order valence-electron chi connectivity index (χ1n) is 5.09.